The Labute approximate surface area is 106 Å². The predicted molar refractivity (Wildman–Crippen MR) is 75.7 cm³/mol. The first kappa shape index (κ1) is 12.2. The summed E-state index contributed by atoms with van der Waals surface area (Å²) in [5.41, 5.74) is 0.976. The van der Waals surface area contributed by atoms with Gasteiger partial charge in [-0.1, -0.05) is 24.3 Å². The molecule has 1 N–H and O–H groups in total. The second-order valence-electron chi connectivity index (χ2n) is 4.18. The Bertz CT molecular complexity index is 513. The molecule has 0 aliphatic rings. The fourth-order valence-corrected chi connectivity index (χ4v) is 2.45. The molecule has 1 unspecified atom stereocenters. The first-order chi connectivity index (χ1) is 8.22. The van der Waals surface area contributed by atoms with Gasteiger partial charge >= 0.3 is 0 Å². The Morgan fingerprint density at radius 2 is 1.94 bits per heavy atom. The zero-order valence-corrected chi connectivity index (χ0v) is 11.2. The molecular formula is C13H17N3S. The van der Waals surface area contributed by atoms with E-state index < -0.39 is 0 Å². The minimum absolute atomic E-state index is 0.394. The van der Waals surface area contributed by atoms with Crippen molar-refractivity contribution in [2.75, 3.05) is 17.3 Å². The van der Waals surface area contributed by atoms with Crippen LogP contribution in [0.3, 0.4) is 0 Å². The van der Waals surface area contributed by atoms with Crippen molar-refractivity contribution in [1.29, 1.82) is 0 Å². The molecule has 90 valence electrons. The van der Waals surface area contributed by atoms with E-state index in [-0.39, 0.29) is 0 Å². The van der Waals surface area contributed by atoms with E-state index in [9.17, 15) is 0 Å². The highest BCUT2D eigenvalue weighted by molar-refractivity contribution is 7.98. The van der Waals surface area contributed by atoms with Gasteiger partial charge in [0.2, 0.25) is 0 Å². The fraction of sp³-hybridized carbons (Fsp3) is 0.385. The smallest absolute Gasteiger partial charge is 0.156 e. The minimum atomic E-state index is 0.394. The van der Waals surface area contributed by atoms with Crippen LogP contribution in [0, 0.1) is 6.92 Å². The van der Waals surface area contributed by atoms with Gasteiger partial charge in [-0.2, -0.15) is 16.9 Å². The fourth-order valence-electron chi connectivity index (χ4n) is 1.87. The van der Waals surface area contributed by atoms with Crippen molar-refractivity contribution in [2.24, 2.45) is 0 Å². The van der Waals surface area contributed by atoms with Gasteiger partial charge in [0.25, 0.3) is 0 Å². The molecule has 1 heterocycles. The molecule has 2 aromatic rings. The highest BCUT2D eigenvalue weighted by Crippen LogP contribution is 2.22. The summed E-state index contributed by atoms with van der Waals surface area (Å²) in [7, 11) is 0. The van der Waals surface area contributed by atoms with Crippen molar-refractivity contribution in [3.63, 3.8) is 0 Å². The van der Waals surface area contributed by atoms with Crippen LogP contribution in [0.25, 0.3) is 10.8 Å². The third kappa shape index (κ3) is 2.69. The van der Waals surface area contributed by atoms with Crippen LogP contribution in [-0.2, 0) is 0 Å². The summed E-state index contributed by atoms with van der Waals surface area (Å²) in [5.74, 6) is 1.94. The van der Waals surface area contributed by atoms with Gasteiger partial charge in [-0.3, -0.25) is 0 Å². The molecule has 0 bridgehead atoms. The number of hydrogen-bond donors (Lipinski definition) is 1. The second-order valence-corrected chi connectivity index (χ2v) is 5.09. The molecule has 0 saturated carbocycles. The van der Waals surface area contributed by atoms with Crippen LogP contribution >= 0.6 is 11.8 Å². The quantitative estimate of drug-likeness (QED) is 0.901. The molecule has 0 radical (unpaired) electrons. The lowest BCUT2D eigenvalue weighted by atomic mass is 10.1. The van der Waals surface area contributed by atoms with Crippen molar-refractivity contribution in [3.8, 4) is 0 Å². The molecule has 17 heavy (non-hydrogen) atoms. The number of aryl methyl sites for hydroxylation is 1. The average molecular weight is 247 g/mol. The van der Waals surface area contributed by atoms with Crippen LogP contribution in [0.5, 0.6) is 0 Å². The Balaban J connectivity index is 2.38. The summed E-state index contributed by atoms with van der Waals surface area (Å²) in [6.07, 6.45) is 2.11. The lowest BCUT2D eigenvalue weighted by molar-refractivity contribution is 0.886. The van der Waals surface area contributed by atoms with Crippen LogP contribution in [0.15, 0.2) is 24.3 Å². The van der Waals surface area contributed by atoms with Crippen molar-refractivity contribution in [2.45, 2.75) is 19.9 Å². The van der Waals surface area contributed by atoms with Crippen molar-refractivity contribution in [3.05, 3.63) is 30.0 Å². The molecule has 4 heteroatoms. The largest absolute Gasteiger partial charge is 0.365 e. The van der Waals surface area contributed by atoms with Gasteiger partial charge in [-0.15, -0.1) is 5.10 Å². The van der Waals surface area contributed by atoms with Crippen molar-refractivity contribution < 1.29 is 0 Å². The van der Waals surface area contributed by atoms with E-state index in [0.717, 1.165) is 22.7 Å². The van der Waals surface area contributed by atoms with E-state index in [0.29, 0.717) is 6.04 Å². The van der Waals surface area contributed by atoms with Crippen LogP contribution in [-0.4, -0.2) is 28.2 Å². The number of thioether (sulfide) groups is 1. The Hall–Kier alpha value is -1.29. The summed E-state index contributed by atoms with van der Waals surface area (Å²) in [5, 5.41) is 14.2. The first-order valence-corrected chi connectivity index (χ1v) is 7.09. The zero-order chi connectivity index (χ0) is 12.3. The third-order valence-electron chi connectivity index (χ3n) is 2.67. The second kappa shape index (κ2) is 5.36. The Morgan fingerprint density at radius 3 is 2.65 bits per heavy atom. The van der Waals surface area contributed by atoms with E-state index in [2.05, 4.69) is 40.8 Å². The van der Waals surface area contributed by atoms with Gasteiger partial charge in [-0.05, 0) is 20.1 Å². The summed E-state index contributed by atoms with van der Waals surface area (Å²) in [4.78, 5) is 0. The van der Waals surface area contributed by atoms with E-state index in [1.165, 1.54) is 5.39 Å². The molecule has 0 aliphatic heterocycles. The highest BCUT2D eigenvalue weighted by atomic mass is 32.2. The maximum Gasteiger partial charge on any atom is 0.156 e. The van der Waals surface area contributed by atoms with Crippen LogP contribution in [0.1, 0.15) is 12.6 Å². The molecule has 1 atom stereocenters. The lowest BCUT2D eigenvalue weighted by Crippen LogP contribution is -2.19. The Morgan fingerprint density at radius 1 is 1.24 bits per heavy atom. The molecule has 2 rings (SSSR count). The van der Waals surface area contributed by atoms with Crippen LogP contribution < -0.4 is 5.32 Å². The minimum Gasteiger partial charge on any atom is -0.365 e. The van der Waals surface area contributed by atoms with Crippen molar-refractivity contribution >= 4 is 28.4 Å². The maximum absolute atomic E-state index is 4.26. The van der Waals surface area contributed by atoms with Gasteiger partial charge in [0.05, 0.1) is 5.69 Å². The Kier molecular flexibility index (Phi) is 3.84. The van der Waals surface area contributed by atoms with E-state index in [1.54, 1.807) is 0 Å². The summed E-state index contributed by atoms with van der Waals surface area (Å²) < 4.78 is 0. The zero-order valence-electron chi connectivity index (χ0n) is 10.4. The van der Waals surface area contributed by atoms with Gasteiger partial charge < -0.3 is 5.32 Å². The first-order valence-electron chi connectivity index (χ1n) is 5.70. The SMILES string of the molecule is CSCC(C)Nc1nnc(C)c2ccccc12. The van der Waals surface area contributed by atoms with E-state index in [1.807, 2.05) is 30.8 Å². The monoisotopic (exact) mass is 247 g/mol. The van der Waals surface area contributed by atoms with Crippen LogP contribution in [0.2, 0.25) is 0 Å². The molecule has 0 spiro atoms. The van der Waals surface area contributed by atoms with E-state index >= 15 is 0 Å². The normalized spacial score (nSPS) is 12.6. The summed E-state index contributed by atoms with van der Waals surface area (Å²) in [6.45, 7) is 4.15. The maximum atomic E-state index is 4.26. The van der Waals surface area contributed by atoms with Crippen LogP contribution in [0.4, 0.5) is 5.82 Å². The molecule has 0 aliphatic carbocycles. The molecule has 1 aromatic carbocycles. The lowest BCUT2D eigenvalue weighted by Gasteiger charge is -2.14. The number of benzene rings is 1. The van der Waals surface area contributed by atoms with Gasteiger partial charge in [0.1, 0.15) is 0 Å². The number of rotatable bonds is 4. The number of anilines is 1. The number of hydrogen-bond acceptors (Lipinski definition) is 4. The van der Waals surface area contributed by atoms with Gasteiger partial charge in [-0.25, -0.2) is 0 Å². The number of aromatic nitrogens is 2. The molecule has 0 saturated heterocycles. The number of fused-ring (bicyclic) bond motifs is 1. The average Bonchev–Trinajstić information content (AvgIpc) is 2.34. The third-order valence-corrected chi connectivity index (χ3v) is 3.51. The van der Waals surface area contributed by atoms with Crippen molar-refractivity contribution in [1.82, 2.24) is 10.2 Å². The molecule has 0 fully saturated rings. The summed E-state index contributed by atoms with van der Waals surface area (Å²) >= 11 is 1.83. The van der Waals surface area contributed by atoms with E-state index in [4.69, 9.17) is 0 Å². The molecular weight excluding hydrogens is 230 g/mol. The topological polar surface area (TPSA) is 37.8 Å². The van der Waals surface area contributed by atoms with Gasteiger partial charge in [0, 0.05) is 22.6 Å². The standard InChI is InChI=1S/C13H17N3S/c1-9(8-17-3)14-13-12-7-5-4-6-11(12)10(2)15-16-13/h4-7,9H,8H2,1-3H3,(H,14,16). The summed E-state index contributed by atoms with van der Waals surface area (Å²) in [6, 6.07) is 8.64. The molecule has 3 nitrogen and oxygen atoms in total. The highest BCUT2D eigenvalue weighted by Gasteiger charge is 2.08. The van der Waals surface area contributed by atoms with Gasteiger partial charge in [0.15, 0.2) is 5.82 Å². The molecule has 1 aromatic heterocycles. The number of nitrogens with zero attached hydrogens (tertiary/aromatic N) is 2. The predicted octanol–water partition coefficient (Wildman–Crippen LogP) is 3.10. The number of nitrogens with one attached hydrogen (secondary N) is 1. The molecule has 0 amide bonds.